The molecule has 1 rings (SSSR count). The molecule has 66 valence electrons. The third-order valence-corrected chi connectivity index (χ3v) is 1.55. The molecule has 0 spiro atoms. The quantitative estimate of drug-likeness (QED) is 0.477. The van der Waals surface area contributed by atoms with E-state index >= 15 is 0 Å². The van der Waals surface area contributed by atoms with Crippen molar-refractivity contribution < 1.29 is 24.5 Å². The van der Waals surface area contributed by atoms with Gasteiger partial charge in [0.15, 0.2) is 0 Å². The highest BCUT2D eigenvalue weighted by atomic mass is 16.7. The summed E-state index contributed by atoms with van der Waals surface area (Å²) in [5.41, 5.74) is 0. The Kier molecular flexibility index (Phi) is 1.85. The number of hydrogen-bond donors (Lipinski definition) is 3. The number of carboxylic acid groups (broad SMARTS) is 1. The standard InChI is InChI=1S/C6H7NO5/c7-4-3(8)1-2-6(11,12-4)5(9)10/h7,11H,1-2H2,(H,9,10). The van der Waals surface area contributed by atoms with Gasteiger partial charge in [-0.15, -0.1) is 0 Å². The van der Waals surface area contributed by atoms with Crippen LogP contribution in [-0.4, -0.2) is 33.7 Å². The zero-order valence-corrected chi connectivity index (χ0v) is 6.03. The SMILES string of the molecule is N=C1OC(O)(C(=O)O)CCC1=O. The highest BCUT2D eigenvalue weighted by Gasteiger charge is 2.44. The van der Waals surface area contributed by atoms with E-state index in [1.54, 1.807) is 0 Å². The molecule has 0 aromatic heterocycles. The molecule has 1 aliphatic heterocycles. The molecule has 0 aromatic rings. The third kappa shape index (κ3) is 1.28. The summed E-state index contributed by atoms with van der Waals surface area (Å²) in [4.78, 5) is 21.0. The fourth-order valence-electron chi connectivity index (χ4n) is 0.824. The molecule has 0 amide bonds. The molecule has 0 bridgehead atoms. The summed E-state index contributed by atoms with van der Waals surface area (Å²) < 4.78 is 4.24. The predicted molar refractivity (Wildman–Crippen MR) is 35.6 cm³/mol. The van der Waals surface area contributed by atoms with Gasteiger partial charge in [0.25, 0.3) is 5.90 Å². The van der Waals surface area contributed by atoms with Crippen molar-refractivity contribution in [3.05, 3.63) is 0 Å². The van der Waals surface area contributed by atoms with Gasteiger partial charge in [-0.25, -0.2) is 4.79 Å². The first-order chi connectivity index (χ1) is 5.46. The van der Waals surface area contributed by atoms with Crippen LogP contribution in [0.5, 0.6) is 0 Å². The minimum Gasteiger partial charge on any atom is -0.476 e. The van der Waals surface area contributed by atoms with E-state index in [-0.39, 0.29) is 12.8 Å². The molecule has 0 aromatic carbocycles. The Balaban J connectivity index is 2.80. The van der Waals surface area contributed by atoms with E-state index in [0.29, 0.717) is 0 Å². The summed E-state index contributed by atoms with van der Waals surface area (Å²) >= 11 is 0. The van der Waals surface area contributed by atoms with Crippen LogP contribution in [-0.2, 0) is 14.3 Å². The van der Waals surface area contributed by atoms with Gasteiger partial charge in [-0.1, -0.05) is 0 Å². The molecule has 6 nitrogen and oxygen atoms in total. The van der Waals surface area contributed by atoms with Crippen LogP contribution in [0.4, 0.5) is 0 Å². The molecule has 0 radical (unpaired) electrons. The highest BCUT2D eigenvalue weighted by Crippen LogP contribution is 2.21. The topological polar surface area (TPSA) is 108 Å². The average molecular weight is 173 g/mol. The summed E-state index contributed by atoms with van der Waals surface area (Å²) in [5.74, 6) is -5.38. The van der Waals surface area contributed by atoms with E-state index in [1.165, 1.54) is 0 Å². The van der Waals surface area contributed by atoms with Crippen molar-refractivity contribution in [2.75, 3.05) is 0 Å². The summed E-state index contributed by atoms with van der Waals surface area (Å²) in [5, 5.41) is 24.4. The molecule has 12 heavy (non-hydrogen) atoms. The van der Waals surface area contributed by atoms with Gasteiger partial charge in [-0.3, -0.25) is 10.2 Å². The van der Waals surface area contributed by atoms with E-state index in [2.05, 4.69) is 4.74 Å². The van der Waals surface area contributed by atoms with Crippen LogP contribution in [0.2, 0.25) is 0 Å². The van der Waals surface area contributed by atoms with Crippen molar-refractivity contribution in [3.63, 3.8) is 0 Å². The number of carbonyl (C=O) groups is 2. The zero-order valence-electron chi connectivity index (χ0n) is 6.03. The monoisotopic (exact) mass is 173 g/mol. The molecular formula is C6H7NO5. The largest absolute Gasteiger partial charge is 0.476 e. The maximum absolute atomic E-state index is 10.7. The molecule has 1 saturated heterocycles. The highest BCUT2D eigenvalue weighted by molar-refractivity contribution is 6.35. The Morgan fingerprint density at radius 2 is 2.25 bits per heavy atom. The van der Waals surface area contributed by atoms with Crippen molar-refractivity contribution in [3.8, 4) is 0 Å². The Labute approximate surface area is 67.3 Å². The number of hydrogen-bond acceptors (Lipinski definition) is 5. The van der Waals surface area contributed by atoms with Crippen molar-refractivity contribution in [1.29, 1.82) is 5.41 Å². The smallest absolute Gasteiger partial charge is 0.377 e. The lowest BCUT2D eigenvalue weighted by Crippen LogP contribution is -2.48. The molecule has 3 N–H and O–H groups in total. The number of nitrogens with one attached hydrogen (secondary N) is 1. The molecule has 0 aliphatic carbocycles. The molecule has 6 heteroatoms. The number of carbonyl (C=O) groups excluding carboxylic acids is 1. The lowest BCUT2D eigenvalue weighted by Gasteiger charge is -2.27. The number of carboxylic acids is 1. The second-order valence-corrected chi connectivity index (χ2v) is 2.44. The third-order valence-electron chi connectivity index (χ3n) is 1.55. The van der Waals surface area contributed by atoms with Crippen molar-refractivity contribution in [2.45, 2.75) is 18.6 Å². The van der Waals surface area contributed by atoms with Crippen molar-refractivity contribution in [1.82, 2.24) is 0 Å². The number of Topliss-reactive ketones (excluding diaryl/α,β-unsaturated/α-hetero) is 1. The lowest BCUT2D eigenvalue weighted by atomic mass is 10.0. The van der Waals surface area contributed by atoms with Crippen LogP contribution < -0.4 is 0 Å². The van der Waals surface area contributed by atoms with Gasteiger partial charge in [-0.2, -0.15) is 0 Å². The second kappa shape index (κ2) is 2.56. The molecule has 1 atom stereocenters. The zero-order chi connectivity index (χ0) is 9.35. The Morgan fingerprint density at radius 1 is 1.67 bits per heavy atom. The molecule has 1 aliphatic rings. The van der Waals surface area contributed by atoms with E-state index < -0.39 is 23.4 Å². The predicted octanol–water partition coefficient (Wildman–Crippen LogP) is -0.884. The number of ether oxygens (including phenoxy) is 1. The van der Waals surface area contributed by atoms with Gasteiger partial charge in [0.05, 0.1) is 0 Å². The second-order valence-electron chi connectivity index (χ2n) is 2.44. The van der Waals surface area contributed by atoms with Crippen LogP contribution >= 0.6 is 0 Å². The first-order valence-corrected chi connectivity index (χ1v) is 3.22. The summed E-state index contributed by atoms with van der Waals surface area (Å²) in [7, 11) is 0. The molecule has 1 unspecified atom stereocenters. The summed E-state index contributed by atoms with van der Waals surface area (Å²) in [6.07, 6.45) is -0.495. The normalized spacial score (nSPS) is 29.8. The lowest BCUT2D eigenvalue weighted by molar-refractivity contribution is -0.204. The van der Waals surface area contributed by atoms with Crippen LogP contribution in [0.25, 0.3) is 0 Å². The fourth-order valence-corrected chi connectivity index (χ4v) is 0.824. The Hall–Kier alpha value is -1.43. The van der Waals surface area contributed by atoms with Crippen molar-refractivity contribution >= 4 is 17.7 Å². The number of rotatable bonds is 1. The minimum atomic E-state index is -2.40. The van der Waals surface area contributed by atoms with E-state index in [1.807, 2.05) is 0 Å². The molecule has 1 heterocycles. The minimum absolute atomic E-state index is 0.179. The van der Waals surface area contributed by atoms with E-state index in [0.717, 1.165) is 0 Å². The molecular weight excluding hydrogens is 166 g/mol. The van der Waals surface area contributed by atoms with E-state index in [4.69, 9.17) is 15.6 Å². The number of ketones is 1. The molecule has 1 fully saturated rings. The number of aliphatic carboxylic acids is 1. The maximum Gasteiger partial charge on any atom is 0.377 e. The summed E-state index contributed by atoms with van der Waals surface area (Å²) in [6, 6.07) is 0. The fraction of sp³-hybridized carbons (Fsp3) is 0.500. The average Bonchev–Trinajstić information content (AvgIpc) is 1.97. The van der Waals surface area contributed by atoms with Crippen LogP contribution in [0, 0.1) is 5.41 Å². The Bertz CT molecular complexity index is 261. The summed E-state index contributed by atoms with van der Waals surface area (Å²) in [6.45, 7) is 0. The van der Waals surface area contributed by atoms with Gasteiger partial charge in [-0.05, 0) is 0 Å². The van der Waals surface area contributed by atoms with Gasteiger partial charge in [0, 0.05) is 12.8 Å². The van der Waals surface area contributed by atoms with Gasteiger partial charge in [0.1, 0.15) is 0 Å². The van der Waals surface area contributed by atoms with E-state index in [9.17, 15) is 9.59 Å². The first kappa shape index (κ1) is 8.66. The maximum atomic E-state index is 10.7. The van der Waals surface area contributed by atoms with Gasteiger partial charge < -0.3 is 14.9 Å². The van der Waals surface area contributed by atoms with Gasteiger partial charge in [0.2, 0.25) is 5.78 Å². The first-order valence-electron chi connectivity index (χ1n) is 3.22. The Morgan fingerprint density at radius 3 is 2.67 bits per heavy atom. The molecule has 0 saturated carbocycles. The number of aliphatic hydroxyl groups is 1. The van der Waals surface area contributed by atoms with Crippen molar-refractivity contribution in [2.24, 2.45) is 0 Å². The van der Waals surface area contributed by atoms with Crippen LogP contribution in [0.1, 0.15) is 12.8 Å². The van der Waals surface area contributed by atoms with Gasteiger partial charge >= 0.3 is 11.8 Å². The van der Waals surface area contributed by atoms with Crippen LogP contribution in [0.15, 0.2) is 0 Å². The van der Waals surface area contributed by atoms with Crippen LogP contribution in [0.3, 0.4) is 0 Å².